The number of benzene rings is 1. The molecule has 0 bridgehead atoms. The lowest BCUT2D eigenvalue weighted by Crippen LogP contribution is -2.35. The van der Waals surface area contributed by atoms with Gasteiger partial charge in [-0.2, -0.15) is 0 Å². The molecule has 6 nitrogen and oxygen atoms in total. The van der Waals surface area contributed by atoms with E-state index in [0.717, 1.165) is 50.0 Å². The van der Waals surface area contributed by atoms with Crippen LogP contribution in [-0.4, -0.2) is 45.7 Å². The fourth-order valence-electron chi connectivity index (χ4n) is 3.00. The number of amides is 1. The average Bonchev–Trinajstić information content (AvgIpc) is 2.56. The number of carbonyl (C=O) groups is 1. The first-order valence-corrected chi connectivity index (χ1v) is 10.6. The van der Waals surface area contributed by atoms with Crippen LogP contribution in [0.15, 0.2) is 24.3 Å². The van der Waals surface area contributed by atoms with E-state index in [9.17, 15) is 13.2 Å². The Labute approximate surface area is 149 Å². The van der Waals surface area contributed by atoms with Gasteiger partial charge in [0.1, 0.15) is 11.0 Å². The molecule has 7 heteroatoms. The first-order chi connectivity index (χ1) is 11.9. The van der Waals surface area contributed by atoms with E-state index < -0.39 is 21.0 Å². The van der Waals surface area contributed by atoms with Gasteiger partial charge in [0, 0.05) is 19.5 Å². The number of hydrogen-bond acceptors (Lipinski definition) is 5. The van der Waals surface area contributed by atoms with Gasteiger partial charge in [-0.25, -0.2) is 8.42 Å². The zero-order chi connectivity index (χ0) is 18.3. The molecular formula is C18H27NO5S. The van der Waals surface area contributed by atoms with Crippen molar-refractivity contribution in [3.63, 3.8) is 0 Å². The van der Waals surface area contributed by atoms with E-state index in [0.29, 0.717) is 18.9 Å². The third-order valence-corrected chi connectivity index (χ3v) is 6.09. The summed E-state index contributed by atoms with van der Waals surface area (Å²) in [5, 5.41) is -1.14. The van der Waals surface area contributed by atoms with Crippen LogP contribution in [0.1, 0.15) is 31.2 Å². The van der Waals surface area contributed by atoms with Crippen LogP contribution in [0.5, 0.6) is 5.75 Å². The largest absolute Gasteiger partial charge is 0.494 e. The molecule has 140 valence electrons. The van der Waals surface area contributed by atoms with Gasteiger partial charge in [-0.3, -0.25) is 4.79 Å². The van der Waals surface area contributed by atoms with Crippen molar-refractivity contribution >= 4 is 15.7 Å². The number of primary amides is 1. The molecule has 1 aromatic rings. The van der Waals surface area contributed by atoms with Gasteiger partial charge in [0.2, 0.25) is 5.91 Å². The molecule has 0 spiro atoms. The first kappa shape index (κ1) is 19.7. The Bertz CT molecular complexity index is 651. The maximum atomic E-state index is 11.6. The number of aryl methyl sites for hydroxylation is 1. The number of ether oxygens (including phenoxy) is 2. The molecular weight excluding hydrogens is 342 g/mol. The lowest BCUT2D eigenvalue weighted by atomic mass is 9.97. The minimum absolute atomic E-state index is 0.193. The van der Waals surface area contributed by atoms with Gasteiger partial charge >= 0.3 is 0 Å². The summed E-state index contributed by atoms with van der Waals surface area (Å²) in [5.74, 6) is 0.677. The smallest absolute Gasteiger partial charge is 0.235 e. The van der Waals surface area contributed by atoms with Crippen molar-refractivity contribution < 1.29 is 22.7 Å². The van der Waals surface area contributed by atoms with Gasteiger partial charge in [-0.15, -0.1) is 0 Å². The standard InChI is InChI=1S/C18H27NO5S/c1-25(21,22)17(18(19)20)7-4-14-2-5-16(6-3-14)24-13-10-15-8-11-23-12-9-15/h2-3,5-6,15,17H,4,7-13H2,1H3,(H2,19,20). The summed E-state index contributed by atoms with van der Waals surface area (Å²) in [4.78, 5) is 11.3. The third-order valence-electron chi connectivity index (χ3n) is 4.59. The topological polar surface area (TPSA) is 95.7 Å². The van der Waals surface area contributed by atoms with E-state index in [1.807, 2.05) is 24.3 Å². The molecule has 1 aromatic carbocycles. The highest BCUT2D eigenvalue weighted by Crippen LogP contribution is 2.20. The molecule has 0 aromatic heterocycles. The highest BCUT2D eigenvalue weighted by Gasteiger charge is 2.26. The van der Waals surface area contributed by atoms with Crippen LogP contribution in [0.2, 0.25) is 0 Å². The van der Waals surface area contributed by atoms with Crippen molar-refractivity contribution in [3.8, 4) is 5.75 Å². The van der Waals surface area contributed by atoms with E-state index in [4.69, 9.17) is 15.2 Å². The van der Waals surface area contributed by atoms with Crippen LogP contribution in [0.25, 0.3) is 0 Å². The third kappa shape index (κ3) is 6.66. The van der Waals surface area contributed by atoms with Crippen LogP contribution < -0.4 is 10.5 Å². The summed E-state index contributed by atoms with van der Waals surface area (Å²) in [6, 6.07) is 7.53. The minimum Gasteiger partial charge on any atom is -0.494 e. The number of hydrogen-bond donors (Lipinski definition) is 1. The summed E-state index contributed by atoms with van der Waals surface area (Å²) in [5.41, 5.74) is 6.13. The molecule has 0 saturated carbocycles. The summed E-state index contributed by atoms with van der Waals surface area (Å²) in [6.45, 7) is 2.38. The van der Waals surface area contributed by atoms with Crippen molar-refractivity contribution in [1.29, 1.82) is 0 Å². The second-order valence-electron chi connectivity index (χ2n) is 6.60. The average molecular weight is 369 g/mol. The molecule has 1 atom stereocenters. The summed E-state index contributed by atoms with van der Waals surface area (Å²) >= 11 is 0. The van der Waals surface area contributed by atoms with Crippen molar-refractivity contribution in [2.45, 2.75) is 37.4 Å². The molecule has 1 saturated heterocycles. The molecule has 0 aliphatic carbocycles. The summed E-state index contributed by atoms with van der Waals surface area (Å²) < 4.78 is 34.3. The summed E-state index contributed by atoms with van der Waals surface area (Å²) in [7, 11) is -3.47. The van der Waals surface area contributed by atoms with Crippen LogP contribution in [0.4, 0.5) is 0 Å². The highest BCUT2D eigenvalue weighted by molar-refractivity contribution is 7.92. The molecule has 25 heavy (non-hydrogen) atoms. The number of rotatable bonds is 9. The Morgan fingerprint density at radius 2 is 1.92 bits per heavy atom. The van der Waals surface area contributed by atoms with Gasteiger partial charge in [-0.1, -0.05) is 12.1 Å². The van der Waals surface area contributed by atoms with Crippen LogP contribution >= 0.6 is 0 Å². The Hall–Kier alpha value is -1.60. The lowest BCUT2D eigenvalue weighted by molar-refractivity contribution is -0.117. The van der Waals surface area contributed by atoms with Gasteiger partial charge < -0.3 is 15.2 Å². The molecule has 1 fully saturated rings. The highest BCUT2D eigenvalue weighted by atomic mass is 32.2. The monoisotopic (exact) mass is 369 g/mol. The van der Waals surface area contributed by atoms with Crippen LogP contribution in [0, 0.1) is 5.92 Å². The second-order valence-corrected chi connectivity index (χ2v) is 8.82. The molecule has 0 radical (unpaired) electrons. The van der Waals surface area contributed by atoms with Crippen molar-refractivity contribution in [2.24, 2.45) is 11.7 Å². The summed E-state index contributed by atoms with van der Waals surface area (Å²) in [6.07, 6.45) is 4.94. The van der Waals surface area contributed by atoms with Gasteiger partial charge in [-0.05, 0) is 55.7 Å². The van der Waals surface area contributed by atoms with E-state index in [1.54, 1.807) is 0 Å². The second kappa shape index (κ2) is 9.20. The zero-order valence-electron chi connectivity index (χ0n) is 14.6. The Balaban J connectivity index is 1.78. The van der Waals surface area contributed by atoms with Gasteiger partial charge in [0.15, 0.2) is 9.84 Å². The molecule has 2 rings (SSSR count). The number of carbonyl (C=O) groups excluding carboxylic acids is 1. The molecule has 1 heterocycles. The Morgan fingerprint density at radius 3 is 2.48 bits per heavy atom. The maximum absolute atomic E-state index is 11.6. The van der Waals surface area contributed by atoms with E-state index in [-0.39, 0.29) is 6.42 Å². The van der Waals surface area contributed by atoms with E-state index in [1.165, 1.54) is 0 Å². The predicted octanol–water partition coefficient (Wildman–Crippen LogP) is 1.71. The van der Waals surface area contributed by atoms with Crippen molar-refractivity contribution in [1.82, 2.24) is 0 Å². The van der Waals surface area contributed by atoms with Crippen molar-refractivity contribution in [3.05, 3.63) is 29.8 Å². The predicted molar refractivity (Wildman–Crippen MR) is 96.2 cm³/mol. The molecule has 2 N–H and O–H groups in total. The van der Waals surface area contributed by atoms with Crippen molar-refractivity contribution in [2.75, 3.05) is 26.1 Å². The van der Waals surface area contributed by atoms with Crippen LogP contribution in [-0.2, 0) is 25.8 Å². The fraction of sp³-hybridized carbons (Fsp3) is 0.611. The lowest BCUT2D eigenvalue weighted by Gasteiger charge is -2.21. The van der Waals surface area contributed by atoms with Gasteiger partial charge in [0.25, 0.3) is 0 Å². The number of nitrogens with two attached hydrogens (primary N) is 1. The quantitative estimate of drug-likeness (QED) is 0.715. The molecule has 1 unspecified atom stereocenters. The number of sulfone groups is 1. The normalized spacial score (nSPS) is 17.2. The Kier molecular flexibility index (Phi) is 7.25. The Morgan fingerprint density at radius 1 is 1.28 bits per heavy atom. The zero-order valence-corrected chi connectivity index (χ0v) is 15.5. The molecule has 1 aliphatic heterocycles. The molecule has 1 aliphatic rings. The maximum Gasteiger partial charge on any atom is 0.235 e. The van der Waals surface area contributed by atoms with Crippen LogP contribution in [0.3, 0.4) is 0 Å². The molecule has 1 amide bonds. The van der Waals surface area contributed by atoms with E-state index >= 15 is 0 Å². The van der Waals surface area contributed by atoms with Gasteiger partial charge in [0.05, 0.1) is 6.61 Å². The first-order valence-electron chi connectivity index (χ1n) is 8.64. The SMILES string of the molecule is CS(=O)(=O)C(CCc1ccc(OCCC2CCOCC2)cc1)C(N)=O. The van der Waals surface area contributed by atoms with E-state index in [2.05, 4.69) is 0 Å². The fourth-order valence-corrected chi connectivity index (χ4v) is 3.96. The minimum atomic E-state index is -3.47.